The summed E-state index contributed by atoms with van der Waals surface area (Å²) >= 11 is 1.92. The Bertz CT molecular complexity index is 788. The van der Waals surface area contributed by atoms with Crippen LogP contribution in [-0.2, 0) is 9.53 Å². The molecule has 32 heavy (non-hydrogen) atoms. The van der Waals surface area contributed by atoms with Crippen molar-refractivity contribution in [2.45, 2.75) is 88.6 Å². The zero-order chi connectivity index (χ0) is 22.7. The molecule has 0 amide bonds. The zero-order valence-electron chi connectivity index (χ0n) is 19.7. The second-order valence-electron chi connectivity index (χ2n) is 11.9. The Labute approximate surface area is 196 Å². The Morgan fingerprint density at radius 1 is 1.16 bits per heavy atom. The van der Waals surface area contributed by atoms with E-state index in [1.54, 1.807) is 6.08 Å². The molecule has 9 atom stereocenters. The lowest BCUT2D eigenvalue weighted by Gasteiger charge is -2.64. The molecule has 6 heteroatoms. The molecule has 5 nitrogen and oxygen atoms in total. The quantitative estimate of drug-likeness (QED) is 0.539. The van der Waals surface area contributed by atoms with Crippen molar-refractivity contribution in [1.29, 1.82) is 0 Å². The summed E-state index contributed by atoms with van der Waals surface area (Å²) in [5, 5.41) is 22.8. The summed E-state index contributed by atoms with van der Waals surface area (Å²) in [5.74, 6) is 2.49. The van der Waals surface area contributed by atoms with Gasteiger partial charge in [0.2, 0.25) is 0 Å². The number of hydrogen-bond donors (Lipinski definition) is 3. The molecule has 0 spiro atoms. The molecule has 4 fully saturated rings. The van der Waals surface area contributed by atoms with E-state index in [0.29, 0.717) is 35.7 Å². The van der Waals surface area contributed by atoms with Crippen molar-refractivity contribution in [2.75, 3.05) is 18.9 Å². The maximum Gasteiger partial charge on any atom is 0.331 e. The van der Waals surface area contributed by atoms with E-state index in [-0.39, 0.29) is 23.4 Å². The maximum absolute atomic E-state index is 12.3. The van der Waals surface area contributed by atoms with Crippen LogP contribution in [0.15, 0.2) is 11.6 Å². The lowest BCUT2D eigenvalue weighted by atomic mass is 9.43. The first-order valence-electron chi connectivity index (χ1n) is 12.8. The Morgan fingerprint density at radius 3 is 2.69 bits per heavy atom. The standard InChI is InChI=1S/C26H41NO4S/c1-24-8-5-19(32-15-18(28)13-27)12-17(24)3-4-22-21(24)6-9-25(2)20(7-10-26(22,25)30)16-11-23(29)31-14-16/h11,17-22,28,30H,3-10,12-15,27H2,1-2H3/t17-,18?,19+,20-,21+,22-,24+,25-,26+/m1/s1. The molecule has 1 unspecified atom stereocenters. The number of cyclic esters (lactones) is 1. The van der Waals surface area contributed by atoms with Crippen molar-refractivity contribution in [1.82, 2.24) is 0 Å². The van der Waals surface area contributed by atoms with Gasteiger partial charge >= 0.3 is 5.97 Å². The van der Waals surface area contributed by atoms with Crippen LogP contribution >= 0.6 is 11.8 Å². The van der Waals surface area contributed by atoms with Gasteiger partial charge in [0.05, 0.1) is 11.7 Å². The third kappa shape index (κ3) is 3.42. The van der Waals surface area contributed by atoms with Crippen molar-refractivity contribution in [3.63, 3.8) is 0 Å². The van der Waals surface area contributed by atoms with Crippen LogP contribution in [0.1, 0.15) is 71.6 Å². The normalized spacial score (nSPS) is 49.0. The van der Waals surface area contributed by atoms with Crippen molar-refractivity contribution in [3.05, 3.63) is 11.6 Å². The highest BCUT2D eigenvalue weighted by atomic mass is 32.2. The van der Waals surface area contributed by atoms with Crippen LogP contribution in [0.25, 0.3) is 0 Å². The van der Waals surface area contributed by atoms with Gasteiger partial charge in [0.1, 0.15) is 6.61 Å². The number of hydrogen-bond acceptors (Lipinski definition) is 6. The average molecular weight is 464 g/mol. The molecular formula is C26H41NO4S. The van der Waals surface area contributed by atoms with Gasteiger partial charge in [0.25, 0.3) is 0 Å². The van der Waals surface area contributed by atoms with E-state index in [1.165, 1.54) is 32.1 Å². The highest BCUT2D eigenvalue weighted by molar-refractivity contribution is 7.99. The van der Waals surface area contributed by atoms with Crippen LogP contribution in [0, 0.1) is 34.5 Å². The second kappa shape index (κ2) is 8.28. The first kappa shape index (κ1) is 23.2. The Morgan fingerprint density at radius 2 is 1.97 bits per heavy atom. The van der Waals surface area contributed by atoms with Crippen LogP contribution in [0.2, 0.25) is 0 Å². The fraction of sp³-hybridized carbons (Fsp3) is 0.885. The molecule has 4 saturated carbocycles. The second-order valence-corrected chi connectivity index (χ2v) is 13.2. The van der Waals surface area contributed by atoms with Gasteiger partial charge in [-0.1, -0.05) is 13.8 Å². The molecule has 0 aromatic heterocycles. The number of nitrogens with two attached hydrogens (primary N) is 1. The van der Waals surface area contributed by atoms with E-state index in [2.05, 4.69) is 13.8 Å². The number of thioether (sulfide) groups is 1. The van der Waals surface area contributed by atoms with Crippen LogP contribution in [0.3, 0.4) is 0 Å². The number of carbonyl (C=O) groups excluding carboxylic acids is 1. The SMILES string of the molecule is C[C@]12CC[C@H](SCC(O)CN)C[C@H]1CC[C@@H]1[C@@H]2CC[C@]2(C)[C@@H](C3=CC(=O)OC3)CC[C@]12O. The van der Waals surface area contributed by atoms with Crippen LogP contribution in [0.5, 0.6) is 0 Å². The Hall–Kier alpha value is -0.560. The summed E-state index contributed by atoms with van der Waals surface area (Å²) in [4.78, 5) is 11.7. The first-order chi connectivity index (χ1) is 15.2. The largest absolute Gasteiger partial charge is 0.458 e. The van der Waals surface area contributed by atoms with E-state index in [0.717, 1.165) is 42.9 Å². The van der Waals surface area contributed by atoms with E-state index in [1.807, 2.05) is 11.8 Å². The van der Waals surface area contributed by atoms with E-state index >= 15 is 0 Å². The summed E-state index contributed by atoms with van der Waals surface area (Å²) < 4.78 is 5.24. The maximum atomic E-state index is 12.3. The predicted molar refractivity (Wildman–Crippen MR) is 127 cm³/mol. The molecule has 0 bridgehead atoms. The summed E-state index contributed by atoms with van der Waals surface area (Å²) in [7, 11) is 0. The van der Waals surface area contributed by atoms with Gasteiger partial charge in [-0.15, -0.1) is 0 Å². The molecule has 1 aliphatic heterocycles. The predicted octanol–water partition coefficient (Wildman–Crippen LogP) is 3.66. The van der Waals surface area contributed by atoms with Crippen molar-refractivity contribution in [2.24, 2.45) is 40.2 Å². The molecule has 4 aliphatic carbocycles. The van der Waals surface area contributed by atoms with Crippen LogP contribution < -0.4 is 5.73 Å². The molecule has 180 valence electrons. The highest BCUT2D eigenvalue weighted by Gasteiger charge is 2.67. The lowest BCUT2D eigenvalue weighted by Crippen LogP contribution is -2.62. The monoisotopic (exact) mass is 463 g/mol. The topological polar surface area (TPSA) is 92.8 Å². The van der Waals surface area contributed by atoms with E-state index < -0.39 is 5.60 Å². The van der Waals surface area contributed by atoms with Gasteiger partial charge in [0.15, 0.2) is 0 Å². The fourth-order valence-electron chi connectivity index (χ4n) is 8.84. The molecule has 0 aromatic carbocycles. The van der Waals surface area contributed by atoms with E-state index in [9.17, 15) is 15.0 Å². The van der Waals surface area contributed by atoms with Crippen LogP contribution in [0.4, 0.5) is 0 Å². The van der Waals surface area contributed by atoms with Gasteiger partial charge in [-0.2, -0.15) is 11.8 Å². The van der Waals surface area contributed by atoms with Gasteiger partial charge < -0.3 is 20.7 Å². The molecule has 0 radical (unpaired) electrons. The molecule has 5 rings (SSSR count). The molecule has 0 saturated heterocycles. The van der Waals surface area contributed by atoms with Crippen molar-refractivity contribution < 1.29 is 19.7 Å². The Balaban J connectivity index is 1.33. The number of aliphatic hydroxyl groups is 2. The minimum atomic E-state index is -0.627. The lowest BCUT2D eigenvalue weighted by molar-refractivity contribution is -0.203. The average Bonchev–Trinajstić information content (AvgIpc) is 3.32. The van der Waals surface area contributed by atoms with Gasteiger partial charge in [-0.3, -0.25) is 0 Å². The molecule has 1 heterocycles. The Kier molecular flexibility index (Phi) is 6.00. The summed E-state index contributed by atoms with van der Waals surface area (Å²) in [6, 6.07) is 0. The van der Waals surface area contributed by atoms with Gasteiger partial charge in [0, 0.05) is 29.0 Å². The van der Waals surface area contributed by atoms with Gasteiger partial charge in [-0.25, -0.2) is 4.79 Å². The zero-order valence-corrected chi connectivity index (χ0v) is 20.5. The van der Waals surface area contributed by atoms with Crippen LogP contribution in [-0.4, -0.2) is 52.0 Å². The number of carbonyl (C=O) groups is 1. The number of aliphatic hydroxyl groups excluding tert-OH is 1. The summed E-state index contributed by atoms with van der Waals surface area (Å²) in [6.45, 7) is 5.59. The molecule has 0 aromatic rings. The minimum absolute atomic E-state index is 0.150. The number of fused-ring (bicyclic) bond motifs is 5. The number of rotatable bonds is 5. The molecule has 5 aliphatic rings. The third-order valence-electron chi connectivity index (χ3n) is 10.7. The molecule has 4 N–H and O–H groups in total. The van der Waals surface area contributed by atoms with Crippen molar-refractivity contribution >= 4 is 17.7 Å². The molecular weight excluding hydrogens is 422 g/mol. The third-order valence-corrected chi connectivity index (χ3v) is 12.2. The number of esters is 1. The number of ether oxygens (including phenoxy) is 1. The smallest absolute Gasteiger partial charge is 0.331 e. The van der Waals surface area contributed by atoms with E-state index in [4.69, 9.17) is 10.5 Å². The van der Waals surface area contributed by atoms with Crippen molar-refractivity contribution in [3.8, 4) is 0 Å². The highest BCUT2D eigenvalue weighted by Crippen LogP contribution is 2.70. The minimum Gasteiger partial charge on any atom is -0.458 e. The summed E-state index contributed by atoms with van der Waals surface area (Å²) in [6.07, 6.45) is 11.4. The first-order valence-corrected chi connectivity index (χ1v) is 13.9. The van der Waals surface area contributed by atoms with Gasteiger partial charge in [-0.05, 0) is 92.4 Å². The summed E-state index contributed by atoms with van der Waals surface area (Å²) in [5.41, 5.74) is 6.25. The fourth-order valence-corrected chi connectivity index (χ4v) is 10.1.